The fraction of sp³-hybridized carbons (Fsp3) is 0.840. The van der Waals surface area contributed by atoms with Crippen LogP contribution in [0.4, 0.5) is 0 Å². The third-order valence-electron chi connectivity index (χ3n) is 5.79. The average Bonchev–Trinajstić information content (AvgIpc) is 2.61. The Labute approximate surface area is 174 Å². The zero-order valence-corrected chi connectivity index (χ0v) is 19.6. The Morgan fingerprint density at radius 1 is 0.714 bits per heavy atom. The van der Waals surface area contributed by atoms with Crippen LogP contribution >= 0.6 is 0 Å². The highest BCUT2D eigenvalue weighted by Crippen LogP contribution is 2.26. The molecule has 164 valence electrons. The highest BCUT2D eigenvalue weighted by atomic mass is 16.5. The van der Waals surface area contributed by atoms with E-state index in [1.165, 1.54) is 44.9 Å². The standard InChI is InChI=1S/C25H46O3/c1-7-28-23(27)25(5,6)21-19-17-15-13-11-9-8-10-12-14-16-18-20-24(3,4)22(2)26/h8-9H,7,10-21H2,1-6H3/b9-8-. The lowest BCUT2D eigenvalue weighted by Gasteiger charge is -2.21. The van der Waals surface area contributed by atoms with E-state index < -0.39 is 0 Å². The van der Waals surface area contributed by atoms with E-state index in [-0.39, 0.29) is 16.8 Å². The molecular weight excluding hydrogens is 348 g/mol. The van der Waals surface area contributed by atoms with Crippen LogP contribution in [0.1, 0.15) is 119 Å². The van der Waals surface area contributed by atoms with E-state index >= 15 is 0 Å². The maximum atomic E-state index is 11.8. The Kier molecular flexibility index (Phi) is 14.2. The predicted molar refractivity (Wildman–Crippen MR) is 119 cm³/mol. The summed E-state index contributed by atoms with van der Waals surface area (Å²) in [6, 6.07) is 0. The van der Waals surface area contributed by atoms with Crippen molar-refractivity contribution in [3.8, 4) is 0 Å². The Morgan fingerprint density at radius 2 is 1.14 bits per heavy atom. The summed E-state index contributed by atoms with van der Waals surface area (Å²) in [7, 11) is 0. The van der Waals surface area contributed by atoms with Gasteiger partial charge in [-0.15, -0.1) is 0 Å². The van der Waals surface area contributed by atoms with Gasteiger partial charge in [0.2, 0.25) is 0 Å². The molecule has 3 heteroatoms. The molecule has 0 fully saturated rings. The first-order valence-corrected chi connectivity index (χ1v) is 11.5. The lowest BCUT2D eigenvalue weighted by atomic mass is 9.83. The molecule has 0 N–H and O–H groups in total. The third kappa shape index (κ3) is 13.1. The van der Waals surface area contributed by atoms with E-state index in [4.69, 9.17) is 4.74 Å². The smallest absolute Gasteiger partial charge is 0.311 e. The fourth-order valence-corrected chi connectivity index (χ4v) is 3.21. The van der Waals surface area contributed by atoms with Gasteiger partial charge in [-0.05, 0) is 66.2 Å². The zero-order chi connectivity index (χ0) is 21.5. The van der Waals surface area contributed by atoms with Crippen molar-refractivity contribution < 1.29 is 14.3 Å². The van der Waals surface area contributed by atoms with Gasteiger partial charge < -0.3 is 4.74 Å². The Morgan fingerprint density at radius 3 is 1.57 bits per heavy atom. The average molecular weight is 395 g/mol. The number of ketones is 1. The molecule has 0 aliphatic carbocycles. The first-order chi connectivity index (χ1) is 13.1. The van der Waals surface area contributed by atoms with Gasteiger partial charge in [-0.25, -0.2) is 0 Å². The first-order valence-electron chi connectivity index (χ1n) is 11.5. The van der Waals surface area contributed by atoms with Gasteiger partial charge >= 0.3 is 5.97 Å². The highest BCUT2D eigenvalue weighted by molar-refractivity contribution is 5.81. The minimum Gasteiger partial charge on any atom is -0.466 e. The van der Waals surface area contributed by atoms with Crippen LogP contribution in [0.25, 0.3) is 0 Å². The number of rotatable bonds is 17. The van der Waals surface area contributed by atoms with Gasteiger partial charge in [-0.1, -0.05) is 64.5 Å². The summed E-state index contributed by atoms with van der Waals surface area (Å²) in [5, 5.41) is 0. The first kappa shape index (κ1) is 26.9. The fourth-order valence-electron chi connectivity index (χ4n) is 3.21. The maximum Gasteiger partial charge on any atom is 0.311 e. The number of carbonyl (C=O) groups is 2. The van der Waals surface area contributed by atoms with E-state index in [0.717, 1.165) is 32.1 Å². The van der Waals surface area contributed by atoms with Gasteiger partial charge in [0.25, 0.3) is 0 Å². The number of carbonyl (C=O) groups excluding carboxylic acids is 2. The van der Waals surface area contributed by atoms with Gasteiger partial charge in [0.1, 0.15) is 5.78 Å². The van der Waals surface area contributed by atoms with Crippen LogP contribution in [0, 0.1) is 10.8 Å². The summed E-state index contributed by atoms with van der Waals surface area (Å²) < 4.78 is 5.13. The Hall–Kier alpha value is -1.12. The number of hydrogen-bond donors (Lipinski definition) is 0. The Balaban J connectivity index is 3.52. The predicted octanol–water partition coefficient (Wildman–Crippen LogP) is 7.43. The number of allylic oxidation sites excluding steroid dienone is 2. The molecule has 0 heterocycles. The summed E-state index contributed by atoms with van der Waals surface area (Å²) >= 11 is 0. The molecule has 0 spiro atoms. The van der Waals surface area contributed by atoms with Crippen molar-refractivity contribution >= 4 is 11.8 Å². The zero-order valence-electron chi connectivity index (χ0n) is 19.6. The van der Waals surface area contributed by atoms with Crippen LogP contribution in [0.3, 0.4) is 0 Å². The van der Waals surface area contributed by atoms with E-state index in [2.05, 4.69) is 26.0 Å². The quantitative estimate of drug-likeness (QED) is 0.146. The van der Waals surface area contributed by atoms with Crippen LogP contribution in [0.15, 0.2) is 12.2 Å². The molecule has 28 heavy (non-hydrogen) atoms. The van der Waals surface area contributed by atoms with Crippen LogP contribution in [0.2, 0.25) is 0 Å². The monoisotopic (exact) mass is 394 g/mol. The van der Waals surface area contributed by atoms with Gasteiger partial charge in [-0.2, -0.15) is 0 Å². The van der Waals surface area contributed by atoms with Crippen molar-refractivity contribution in [1.82, 2.24) is 0 Å². The summed E-state index contributed by atoms with van der Waals surface area (Å²) in [5.74, 6) is 0.235. The minimum absolute atomic E-state index is 0.0690. The third-order valence-corrected chi connectivity index (χ3v) is 5.79. The molecule has 0 saturated carbocycles. The number of hydrogen-bond acceptors (Lipinski definition) is 3. The van der Waals surface area contributed by atoms with E-state index in [1.54, 1.807) is 6.92 Å². The van der Waals surface area contributed by atoms with Gasteiger partial charge in [0, 0.05) is 5.41 Å². The Bertz CT molecular complexity index is 460. The lowest BCUT2D eigenvalue weighted by Crippen LogP contribution is -2.26. The molecule has 0 rings (SSSR count). The van der Waals surface area contributed by atoms with Crippen molar-refractivity contribution in [2.24, 2.45) is 10.8 Å². The lowest BCUT2D eigenvalue weighted by molar-refractivity contribution is -0.153. The SMILES string of the molecule is CCOC(=O)C(C)(C)CCCCCC/C=C\CCCCCCC(C)(C)C(C)=O. The topological polar surface area (TPSA) is 43.4 Å². The second-order valence-corrected chi connectivity index (χ2v) is 9.42. The molecule has 0 aromatic rings. The molecule has 0 aliphatic heterocycles. The van der Waals surface area contributed by atoms with Crippen LogP contribution < -0.4 is 0 Å². The van der Waals surface area contributed by atoms with Gasteiger partial charge in [0.15, 0.2) is 0 Å². The summed E-state index contributed by atoms with van der Waals surface area (Å²) in [4.78, 5) is 23.3. The number of ether oxygens (including phenoxy) is 1. The van der Waals surface area contributed by atoms with Crippen LogP contribution in [-0.2, 0) is 14.3 Å². The maximum absolute atomic E-state index is 11.8. The van der Waals surface area contributed by atoms with Crippen LogP contribution in [0.5, 0.6) is 0 Å². The largest absolute Gasteiger partial charge is 0.466 e. The molecule has 0 atom stereocenters. The number of unbranched alkanes of at least 4 members (excludes halogenated alkanes) is 8. The van der Waals surface area contributed by atoms with Crippen molar-refractivity contribution in [3.63, 3.8) is 0 Å². The molecule has 0 saturated heterocycles. The van der Waals surface area contributed by atoms with E-state index in [1.807, 2.05) is 20.8 Å². The molecule has 0 aromatic heterocycles. The molecule has 3 nitrogen and oxygen atoms in total. The molecule has 0 aromatic carbocycles. The van der Waals surface area contributed by atoms with Crippen LogP contribution in [-0.4, -0.2) is 18.4 Å². The minimum atomic E-state index is -0.349. The molecular formula is C25H46O3. The molecule has 0 aliphatic rings. The second kappa shape index (κ2) is 14.8. The van der Waals surface area contributed by atoms with Crippen molar-refractivity contribution in [2.45, 2.75) is 119 Å². The van der Waals surface area contributed by atoms with E-state index in [9.17, 15) is 9.59 Å². The molecule has 0 unspecified atom stereocenters. The van der Waals surface area contributed by atoms with Gasteiger partial charge in [-0.3, -0.25) is 9.59 Å². The summed E-state index contributed by atoms with van der Waals surface area (Å²) in [6.45, 7) is 12.1. The van der Waals surface area contributed by atoms with Crippen molar-refractivity contribution in [3.05, 3.63) is 12.2 Å². The molecule has 0 amide bonds. The second-order valence-electron chi connectivity index (χ2n) is 9.42. The summed E-state index contributed by atoms with van der Waals surface area (Å²) in [6.07, 6.45) is 18.5. The number of Topliss-reactive ketones (excluding diaryl/α,β-unsaturated/α-hetero) is 1. The van der Waals surface area contributed by atoms with Crippen molar-refractivity contribution in [1.29, 1.82) is 0 Å². The number of esters is 1. The summed E-state index contributed by atoms with van der Waals surface area (Å²) in [5.41, 5.74) is -0.494. The normalized spacial score (nSPS) is 12.5. The highest BCUT2D eigenvalue weighted by Gasteiger charge is 2.28. The molecule has 0 bridgehead atoms. The van der Waals surface area contributed by atoms with Gasteiger partial charge in [0.05, 0.1) is 12.0 Å². The van der Waals surface area contributed by atoms with E-state index in [0.29, 0.717) is 12.4 Å². The molecule has 0 radical (unpaired) electrons. The van der Waals surface area contributed by atoms with Crippen molar-refractivity contribution in [2.75, 3.05) is 6.61 Å².